The second kappa shape index (κ2) is 4.20. The molecule has 3 heterocycles. The SMILES string of the molecule is CCC1(c2nc3ncnc(N)c3[nH]2)CCNCC1. The Kier molecular flexibility index (Phi) is 2.66. The smallest absolute Gasteiger partial charge is 0.183 e. The van der Waals surface area contributed by atoms with Gasteiger partial charge in [0.2, 0.25) is 0 Å². The number of H-pyrrole nitrogens is 1. The second-order valence-corrected chi connectivity index (χ2v) is 4.93. The van der Waals surface area contributed by atoms with Crippen molar-refractivity contribution in [3.63, 3.8) is 0 Å². The van der Waals surface area contributed by atoms with E-state index in [0.29, 0.717) is 11.5 Å². The Balaban J connectivity index is 2.09. The third-order valence-corrected chi connectivity index (χ3v) is 4.06. The summed E-state index contributed by atoms with van der Waals surface area (Å²) in [5.74, 6) is 1.48. The molecule has 0 unspecified atom stereocenters. The molecule has 6 nitrogen and oxygen atoms in total. The van der Waals surface area contributed by atoms with E-state index in [-0.39, 0.29) is 5.41 Å². The first-order chi connectivity index (χ1) is 8.75. The largest absolute Gasteiger partial charge is 0.382 e. The van der Waals surface area contributed by atoms with Crippen LogP contribution < -0.4 is 11.1 Å². The van der Waals surface area contributed by atoms with Crippen molar-refractivity contribution >= 4 is 17.0 Å². The molecule has 1 aliphatic heterocycles. The summed E-state index contributed by atoms with van der Waals surface area (Å²) in [6.45, 7) is 4.28. The van der Waals surface area contributed by atoms with Crippen molar-refractivity contribution < 1.29 is 0 Å². The fraction of sp³-hybridized carbons (Fsp3) is 0.583. The molecule has 0 aromatic carbocycles. The van der Waals surface area contributed by atoms with Gasteiger partial charge >= 0.3 is 0 Å². The lowest BCUT2D eigenvalue weighted by Gasteiger charge is -2.34. The van der Waals surface area contributed by atoms with E-state index in [4.69, 9.17) is 5.73 Å². The normalized spacial score (nSPS) is 19.2. The van der Waals surface area contributed by atoms with Crippen molar-refractivity contribution in [1.82, 2.24) is 25.3 Å². The van der Waals surface area contributed by atoms with E-state index in [9.17, 15) is 0 Å². The summed E-state index contributed by atoms with van der Waals surface area (Å²) in [6, 6.07) is 0. The number of aromatic nitrogens is 4. The Morgan fingerprint density at radius 1 is 1.33 bits per heavy atom. The lowest BCUT2D eigenvalue weighted by atomic mass is 9.76. The fourth-order valence-corrected chi connectivity index (χ4v) is 2.76. The van der Waals surface area contributed by atoms with Gasteiger partial charge in [0.1, 0.15) is 17.7 Å². The van der Waals surface area contributed by atoms with Crippen LogP contribution in [0.1, 0.15) is 32.0 Å². The van der Waals surface area contributed by atoms with Crippen LogP contribution in [-0.4, -0.2) is 33.0 Å². The van der Waals surface area contributed by atoms with E-state index in [1.54, 1.807) is 0 Å². The van der Waals surface area contributed by atoms with Gasteiger partial charge in [0.25, 0.3) is 0 Å². The van der Waals surface area contributed by atoms with E-state index >= 15 is 0 Å². The minimum Gasteiger partial charge on any atom is -0.382 e. The summed E-state index contributed by atoms with van der Waals surface area (Å²) in [5, 5.41) is 3.39. The van der Waals surface area contributed by atoms with Gasteiger partial charge < -0.3 is 16.0 Å². The Labute approximate surface area is 105 Å². The lowest BCUT2D eigenvalue weighted by molar-refractivity contribution is 0.285. The number of nitrogens with one attached hydrogen (secondary N) is 2. The van der Waals surface area contributed by atoms with Crippen molar-refractivity contribution in [2.75, 3.05) is 18.8 Å². The molecule has 0 amide bonds. The van der Waals surface area contributed by atoms with Crippen molar-refractivity contribution in [3.05, 3.63) is 12.2 Å². The average molecular weight is 246 g/mol. The van der Waals surface area contributed by atoms with E-state index < -0.39 is 0 Å². The predicted octanol–water partition coefficient (Wildman–Crippen LogP) is 0.966. The molecule has 1 aliphatic rings. The second-order valence-electron chi connectivity index (χ2n) is 4.93. The highest BCUT2D eigenvalue weighted by Gasteiger charge is 2.35. The maximum atomic E-state index is 5.85. The minimum absolute atomic E-state index is 0.123. The van der Waals surface area contributed by atoms with E-state index in [1.165, 1.54) is 6.33 Å². The molecule has 0 atom stereocenters. The molecule has 0 saturated carbocycles. The summed E-state index contributed by atoms with van der Waals surface area (Å²) in [6.07, 6.45) is 4.72. The molecular formula is C12H18N6. The van der Waals surface area contributed by atoms with Crippen LogP contribution in [0.15, 0.2) is 6.33 Å². The topological polar surface area (TPSA) is 92.5 Å². The zero-order chi connectivity index (χ0) is 12.6. The number of fused-ring (bicyclic) bond motifs is 1. The van der Waals surface area contributed by atoms with Crippen LogP contribution in [0.5, 0.6) is 0 Å². The molecule has 0 radical (unpaired) electrons. The first kappa shape index (κ1) is 11.4. The number of rotatable bonds is 2. The Morgan fingerprint density at radius 3 is 2.78 bits per heavy atom. The molecule has 0 spiro atoms. The van der Waals surface area contributed by atoms with Gasteiger partial charge in [0, 0.05) is 5.41 Å². The highest BCUT2D eigenvalue weighted by Crippen LogP contribution is 2.35. The van der Waals surface area contributed by atoms with Crippen LogP contribution in [0.25, 0.3) is 11.2 Å². The highest BCUT2D eigenvalue weighted by atomic mass is 15.1. The molecule has 1 saturated heterocycles. The number of nitrogens with zero attached hydrogens (tertiary/aromatic N) is 3. The van der Waals surface area contributed by atoms with Crippen LogP contribution in [0, 0.1) is 0 Å². The summed E-state index contributed by atoms with van der Waals surface area (Å²) >= 11 is 0. The van der Waals surface area contributed by atoms with Crippen molar-refractivity contribution in [2.45, 2.75) is 31.6 Å². The van der Waals surface area contributed by atoms with Crippen LogP contribution in [0.3, 0.4) is 0 Å². The standard InChI is InChI=1S/C12H18N6/c1-2-12(3-5-14-6-4-12)11-17-8-9(13)15-7-16-10(8)18-11/h7,14H,2-6H2,1H3,(H3,13,15,16,17,18). The average Bonchev–Trinajstić information content (AvgIpc) is 2.85. The molecule has 96 valence electrons. The van der Waals surface area contributed by atoms with Gasteiger partial charge in [-0.1, -0.05) is 6.92 Å². The predicted molar refractivity (Wildman–Crippen MR) is 70.2 cm³/mol. The molecular weight excluding hydrogens is 228 g/mol. The molecule has 3 rings (SSSR count). The minimum atomic E-state index is 0.123. The molecule has 18 heavy (non-hydrogen) atoms. The van der Waals surface area contributed by atoms with Crippen LogP contribution in [-0.2, 0) is 5.41 Å². The van der Waals surface area contributed by atoms with Gasteiger partial charge in [-0.2, -0.15) is 0 Å². The molecule has 2 aromatic rings. The molecule has 1 fully saturated rings. The van der Waals surface area contributed by atoms with Crippen LogP contribution >= 0.6 is 0 Å². The number of anilines is 1. The number of hydrogen-bond acceptors (Lipinski definition) is 5. The van der Waals surface area contributed by atoms with Gasteiger partial charge in [0.15, 0.2) is 11.5 Å². The molecule has 0 aliphatic carbocycles. The van der Waals surface area contributed by atoms with Gasteiger partial charge in [-0.15, -0.1) is 0 Å². The number of aromatic amines is 1. The molecule has 2 aromatic heterocycles. The lowest BCUT2D eigenvalue weighted by Crippen LogP contribution is -2.40. The van der Waals surface area contributed by atoms with Gasteiger partial charge in [-0.3, -0.25) is 0 Å². The van der Waals surface area contributed by atoms with Crippen molar-refractivity contribution in [1.29, 1.82) is 0 Å². The van der Waals surface area contributed by atoms with E-state index in [1.807, 2.05) is 0 Å². The number of hydrogen-bond donors (Lipinski definition) is 3. The van der Waals surface area contributed by atoms with Gasteiger partial charge in [-0.25, -0.2) is 15.0 Å². The quantitative estimate of drug-likeness (QED) is 0.734. The molecule has 0 bridgehead atoms. The fourth-order valence-electron chi connectivity index (χ4n) is 2.76. The highest BCUT2D eigenvalue weighted by molar-refractivity contribution is 5.81. The summed E-state index contributed by atoms with van der Waals surface area (Å²) < 4.78 is 0. The molecule has 6 heteroatoms. The zero-order valence-corrected chi connectivity index (χ0v) is 10.5. The summed E-state index contributed by atoms with van der Waals surface area (Å²) in [4.78, 5) is 16.1. The first-order valence-electron chi connectivity index (χ1n) is 6.42. The Bertz CT molecular complexity index is 555. The van der Waals surface area contributed by atoms with Crippen LogP contribution in [0.4, 0.5) is 5.82 Å². The summed E-state index contributed by atoms with van der Waals surface area (Å²) in [7, 11) is 0. The first-order valence-corrected chi connectivity index (χ1v) is 6.42. The Morgan fingerprint density at radius 2 is 2.11 bits per heavy atom. The zero-order valence-electron chi connectivity index (χ0n) is 10.5. The number of piperidine rings is 1. The van der Waals surface area contributed by atoms with E-state index in [2.05, 4.69) is 32.2 Å². The van der Waals surface area contributed by atoms with Gasteiger partial charge in [0.05, 0.1) is 0 Å². The maximum Gasteiger partial charge on any atom is 0.183 e. The third-order valence-electron chi connectivity index (χ3n) is 4.06. The third kappa shape index (κ3) is 1.64. The Hall–Kier alpha value is -1.69. The van der Waals surface area contributed by atoms with E-state index in [0.717, 1.165) is 43.7 Å². The van der Waals surface area contributed by atoms with Gasteiger partial charge in [-0.05, 0) is 32.4 Å². The number of imidazole rings is 1. The monoisotopic (exact) mass is 246 g/mol. The van der Waals surface area contributed by atoms with Crippen LogP contribution in [0.2, 0.25) is 0 Å². The summed E-state index contributed by atoms with van der Waals surface area (Å²) in [5.41, 5.74) is 7.41. The molecule has 4 N–H and O–H groups in total. The number of nitrogen functional groups attached to an aromatic ring is 1. The van der Waals surface area contributed by atoms with Crippen molar-refractivity contribution in [3.8, 4) is 0 Å². The van der Waals surface area contributed by atoms with Crippen molar-refractivity contribution in [2.24, 2.45) is 0 Å². The number of nitrogens with two attached hydrogens (primary N) is 1. The maximum absolute atomic E-state index is 5.85.